The fraction of sp³-hybridized carbons (Fsp3) is 0.200. The van der Waals surface area contributed by atoms with Gasteiger partial charge in [-0.1, -0.05) is 29.8 Å². The van der Waals surface area contributed by atoms with Crippen molar-refractivity contribution in [3.8, 4) is 28.7 Å². The summed E-state index contributed by atoms with van der Waals surface area (Å²) >= 11 is 0. The van der Waals surface area contributed by atoms with E-state index in [2.05, 4.69) is 15.7 Å². The van der Waals surface area contributed by atoms with E-state index in [0.29, 0.717) is 35.1 Å². The Hall–Kier alpha value is -6.05. The molecule has 1 aliphatic rings. The summed E-state index contributed by atoms with van der Waals surface area (Å²) in [7, 11) is 0. The number of nitro groups is 1. The molecule has 0 saturated heterocycles. The maximum atomic E-state index is 14.1. The topological polar surface area (TPSA) is 130 Å². The monoisotopic (exact) mass is 673 g/mol. The number of carbonyl (C=O) groups is 1. The lowest BCUT2D eigenvalue weighted by Gasteiger charge is -2.33. The summed E-state index contributed by atoms with van der Waals surface area (Å²) in [5.41, 5.74) is 1.55. The van der Waals surface area contributed by atoms with Gasteiger partial charge < -0.3 is 24.8 Å². The highest BCUT2D eigenvalue weighted by molar-refractivity contribution is 6.03. The van der Waals surface area contributed by atoms with Gasteiger partial charge in [-0.2, -0.15) is 18.3 Å². The van der Waals surface area contributed by atoms with Crippen molar-refractivity contribution in [2.24, 2.45) is 0 Å². The lowest BCUT2D eigenvalue weighted by atomic mass is 9.96. The summed E-state index contributed by atoms with van der Waals surface area (Å²) in [4.78, 5) is 24.1. The number of amides is 1. The molecule has 0 aliphatic carbocycles. The summed E-state index contributed by atoms with van der Waals surface area (Å²) in [5.74, 6) is 1.06. The van der Waals surface area contributed by atoms with Gasteiger partial charge in [0.1, 0.15) is 34.6 Å². The number of hydrogen-bond acceptors (Lipinski definition) is 8. The molecule has 49 heavy (non-hydrogen) atoms. The van der Waals surface area contributed by atoms with Gasteiger partial charge in [-0.05, 0) is 67.9 Å². The Labute approximate surface area is 278 Å². The third kappa shape index (κ3) is 7.75. The smallest absolute Gasteiger partial charge is 0.410 e. The minimum Gasteiger partial charge on any atom is -0.494 e. The number of aromatic nitrogens is 2. The highest BCUT2D eigenvalue weighted by Crippen LogP contribution is 2.44. The van der Waals surface area contributed by atoms with Crippen LogP contribution in [-0.4, -0.2) is 33.4 Å². The van der Waals surface area contributed by atoms with Gasteiger partial charge in [0.2, 0.25) is 0 Å². The largest absolute Gasteiger partial charge is 0.494 e. The summed E-state index contributed by atoms with van der Waals surface area (Å²) in [5, 5.41) is 21.3. The van der Waals surface area contributed by atoms with Gasteiger partial charge in [-0.25, -0.2) is 4.68 Å². The Morgan fingerprint density at radius 2 is 1.51 bits per heavy atom. The first kappa shape index (κ1) is 32.9. The molecule has 6 rings (SSSR count). The number of fused-ring (bicyclic) bond motifs is 1. The van der Waals surface area contributed by atoms with Crippen molar-refractivity contribution in [3.05, 3.63) is 124 Å². The number of hydrogen-bond donors (Lipinski definition) is 2. The highest BCUT2D eigenvalue weighted by Gasteiger charge is 2.46. The Balaban J connectivity index is 1.14. The van der Waals surface area contributed by atoms with Crippen molar-refractivity contribution in [2.75, 3.05) is 17.2 Å². The average Bonchev–Trinajstić information content (AvgIpc) is 3.51. The number of benzene rings is 4. The van der Waals surface area contributed by atoms with Gasteiger partial charge in [-0.15, -0.1) is 0 Å². The molecule has 0 bridgehead atoms. The molecule has 0 spiro atoms. The van der Waals surface area contributed by atoms with Crippen LogP contribution in [0.25, 0.3) is 0 Å². The number of ether oxygens (including phenoxy) is 3. The second kappa shape index (κ2) is 13.6. The average molecular weight is 674 g/mol. The van der Waals surface area contributed by atoms with Crippen molar-refractivity contribution in [3.63, 3.8) is 0 Å². The van der Waals surface area contributed by atoms with Crippen LogP contribution >= 0.6 is 0 Å². The molecule has 1 aliphatic heterocycles. The second-order valence-electron chi connectivity index (χ2n) is 11.3. The number of rotatable bonds is 10. The number of alkyl halides is 3. The van der Waals surface area contributed by atoms with E-state index in [1.54, 1.807) is 36.4 Å². The third-order valence-corrected chi connectivity index (χ3v) is 7.70. The first-order chi connectivity index (χ1) is 23.4. The molecule has 252 valence electrons. The van der Waals surface area contributed by atoms with Crippen LogP contribution in [0, 0.1) is 17.0 Å². The van der Waals surface area contributed by atoms with E-state index in [1.807, 2.05) is 26.0 Å². The predicted octanol–water partition coefficient (Wildman–Crippen LogP) is 9.00. The first-order valence-corrected chi connectivity index (χ1v) is 15.2. The van der Waals surface area contributed by atoms with Crippen LogP contribution in [0.3, 0.4) is 0 Å². The molecule has 2 heterocycles. The van der Waals surface area contributed by atoms with E-state index in [-0.39, 0.29) is 35.1 Å². The van der Waals surface area contributed by atoms with Crippen molar-refractivity contribution in [1.82, 2.24) is 9.78 Å². The Morgan fingerprint density at radius 1 is 0.918 bits per heavy atom. The van der Waals surface area contributed by atoms with Gasteiger partial charge >= 0.3 is 6.18 Å². The molecule has 1 aromatic heterocycles. The zero-order valence-corrected chi connectivity index (χ0v) is 26.2. The number of halogens is 3. The van der Waals surface area contributed by atoms with Crippen LogP contribution in [0.4, 0.5) is 30.4 Å². The maximum Gasteiger partial charge on any atom is 0.410 e. The summed E-state index contributed by atoms with van der Waals surface area (Å²) < 4.78 is 60.2. The summed E-state index contributed by atoms with van der Waals surface area (Å²) in [6.45, 7) is 4.26. The van der Waals surface area contributed by atoms with Crippen molar-refractivity contribution in [1.29, 1.82) is 0 Å². The molecule has 0 saturated carbocycles. The molecule has 4 aromatic carbocycles. The minimum absolute atomic E-state index is 0.0795. The zero-order chi connectivity index (χ0) is 34.7. The Bertz CT molecular complexity index is 1960. The number of nitro benzene ring substituents is 1. The minimum atomic E-state index is -4.59. The molecule has 0 radical (unpaired) electrons. The van der Waals surface area contributed by atoms with Crippen molar-refractivity contribution in [2.45, 2.75) is 38.5 Å². The van der Waals surface area contributed by atoms with Crippen LogP contribution in [0.15, 0.2) is 97.1 Å². The molecule has 2 atom stereocenters. The van der Waals surface area contributed by atoms with Crippen LogP contribution in [0.1, 0.15) is 47.0 Å². The lowest BCUT2D eigenvalue weighted by molar-refractivity contribution is -0.385. The molecular weight excluding hydrogens is 643 g/mol. The third-order valence-electron chi connectivity index (χ3n) is 7.70. The molecule has 0 fully saturated rings. The highest BCUT2D eigenvalue weighted by atomic mass is 19.4. The van der Waals surface area contributed by atoms with Crippen LogP contribution in [0.5, 0.6) is 28.7 Å². The number of carbonyl (C=O) groups excluding carboxylic acids is 1. The van der Waals surface area contributed by atoms with Crippen molar-refractivity contribution >= 4 is 23.1 Å². The number of non-ortho nitro benzene ring substituents is 1. The van der Waals surface area contributed by atoms with Crippen molar-refractivity contribution < 1.29 is 37.1 Å². The molecule has 11 nitrogen and oxygen atoms in total. The zero-order valence-electron chi connectivity index (χ0n) is 26.2. The Kier molecular flexibility index (Phi) is 9.12. The van der Waals surface area contributed by atoms with E-state index in [9.17, 15) is 28.1 Å². The molecule has 14 heteroatoms. The molecule has 1 amide bonds. The SMILES string of the molecule is CCOc1ccc(Oc2cc(Oc3ccc(NC(=O)c4cc5n(n4)[C@H](C(F)(F)F)C[C@H](c4ccc(C)cc4)N5)cc3)cc([N+](=O)[O-])c2)cc1. The number of nitrogens with zero attached hydrogens (tertiary/aromatic N) is 3. The quantitative estimate of drug-likeness (QED) is 0.111. The van der Waals surface area contributed by atoms with Gasteiger partial charge in [0, 0.05) is 24.2 Å². The van der Waals surface area contributed by atoms with Gasteiger partial charge in [0.05, 0.1) is 29.7 Å². The normalized spacial score (nSPS) is 15.4. The summed E-state index contributed by atoms with van der Waals surface area (Å²) in [6.07, 6.45) is -4.87. The molecule has 0 unspecified atom stereocenters. The van der Waals surface area contributed by atoms with E-state index >= 15 is 0 Å². The van der Waals surface area contributed by atoms with Gasteiger partial charge in [0.15, 0.2) is 11.7 Å². The Morgan fingerprint density at radius 3 is 2.08 bits per heavy atom. The maximum absolute atomic E-state index is 14.1. The molecular formula is C35H30F3N5O6. The van der Waals surface area contributed by atoms with Crippen LogP contribution in [-0.2, 0) is 0 Å². The van der Waals surface area contributed by atoms with E-state index in [1.165, 1.54) is 48.5 Å². The van der Waals surface area contributed by atoms with Gasteiger partial charge in [-0.3, -0.25) is 14.9 Å². The molecule has 5 aromatic rings. The number of aryl methyl sites for hydroxylation is 1. The van der Waals surface area contributed by atoms with Gasteiger partial charge in [0.25, 0.3) is 11.6 Å². The molecule has 2 N–H and O–H groups in total. The fourth-order valence-electron chi connectivity index (χ4n) is 5.33. The summed E-state index contributed by atoms with van der Waals surface area (Å²) in [6, 6.07) is 22.8. The first-order valence-electron chi connectivity index (χ1n) is 15.2. The van der Waals surface area contributed by atoms with E-state index in [0.717, 1.165) is 10.2 Å². The number of anilines is 2. The van der Waals surface area contributed by atoms with Crippen LogP contribution in [0.2, 0.25) is 0 Å². The predicted molar refractivity (Wildman–Crippen MR) is 175 cm³/mol. The standard InChI is InChI=1S/C35H30F3N5O6/c1-3-47-25-12-14-27(15-13-25)49-29-17-24(43(45)46)16-28(18-29)48-26-10-8-23(9-11-26)39-34(44)31-20-33-40-30(22-6-4-21(2)5-7-22)19-32(35(36,37)38)42(33)41-31/h4-18,20,30,32,40H,3,19H2,1-2H3,(H,39,44)/t30-,32+/m1/s1. The van der Waals surface area contributed by atoms with E-state index in [4.69, 9.17) is 14.2 Å². The van der Waals surface area contributed by atoms with E-state index < -0.39 is 29.1 Å². The fourth-order valence-corrected chi connectivity index (χ4v) is 5.33. The van der Waals surface area contributed by atoms with Crippen LogP contribution < -0.4 is 24.8 Å². The lowest BCUT2D eigenvalue weighted by Crippen LogP contribution is -2.35. The number of nitrogens with one attached hydrogen (secondary N) is 2. The second-order valence-corrected chi connectivity index (χ2v) is 11.3.